The van der Waals surface area contributed by atoms with E-state index in [9.17, 15) is 13.2 Å². The van der Waals surface area contributed by atoms with Crippen molar-refractivity contribution in [3.05, 3.63) is 121 Å². The molecule has 0 bridgehead atoms. The molecule has 0 N–H and O–H groups in total. The van der Waals surface area contributed by atoms with E-state index < -0.39 is 11.7 Å². The minimum absolute atomic E-state index is 0.635. The number of halogens is 3. The first-order valence-electron chi connectivity index (χ1n) is 12.4. The highest BCUT2D eigenvalue weighted by atomic mass is 19.4. The summed E-state index contributed by atoms with van der Waals surface area (Å²) in [7, 11) is 0. The topological polar surface area (TPSA) is 38.9 Å². The molecule has 0 amide bonds. The van der Waals surface area contributed by atoms with Crippen LogP contribution in [0.1, 0.15) is 5.56 Å². The van der Waals surface area contributed by atoms with E-state index in [0.717, 1.165) is 67.2 Å². The van der Waals surface area contributed by atoms with E-state index in [1.807, 2.05) is 48.7 Å². The van der Waals surface area contributed by atoms with Gasteiger partial charge in [0.05, 0.1) is 11.1 Å². The van der Waals surface area contributed by atoms with Crippen LogP contribution in [-0.2, 0) is 6.18 Å². The van der Waals surface area contributed by atoms with E-state index in [1.165, 1.54) is 12.1 Å². The molecule has 0 aliphatic rings. The minimum atomic E-state index is -4.35. The fraction of sp³-hybridized carbons (Fsp3) is 0.0303. The summed E-state index contributed by atoms with van der Waals surface area (Å²) in [6.45, 7) is 0. The van der Waals surface area contributed by atoms with Crippen LogP contribution in [0.3, 0.4) is 0 Å². The number of fused-ring (bicyclic) bond motifs is 4. The first-order chi connectivity index (χ1) is 18.9. The summed E-state index contributed by atoms with van der Waals surface area (Å²) in [5.41, 5.74) is 7.31. The first-order valence-corrected chi connectivity index (χ1v) is 12.4. The van der Waals surface area contributed by atoms with Gasteiger partial charge in [0.15, 0.2) is 0 Å². The van der Waals surface area contributed by atoms with Crippen LogP contribution in [0, 0.1) is 0 Å². The molecule has 0 aliphatic carbocycles. The third kappa shape index (κ3) is 4.20. The van der Waals surface area contributed by atoms with Gasteiger partial charge >= 0.3 is 6.18 Å². The zero-order chi connectivity index (χ0) is 26.6. The number of nitrogens with zero attached hydrogens (tertiary/aromatic N) is 2. The average molecular weight is 517 g/mol. The van der Waals surface area contributed by atoms with Crippen molar-refractivity contribution in [1.82, 2.24) is 9.97 Å². The van der Waals surface area contributed by atoms with Crippen LogP contribution in [0.15, 0.2) is 120 Å². The van der Waals surface area contributed by atoms with E-state index in [0.29, 0.717) is 11.3 Å². The lowest BCUT2D eigenvalue weighted by Crippen LogP contribution is -2.03. The van der Waals surface area contributed by atoms with Crippen LogP contribution in [-0.4, -0.2) is 9.97 Å². The molecule has 188 valence electrons. The highest BCUT2D eigenvalue weighted by molar-refractivity contribution is 6.05. The lowest BCUT2D eigenvalue weighted by molar-refractivity contribution is -0.137. The normalized spacial score (nSPS) is 12.0. The Morgan fingerprint density at radius 3 is 1.95 bits per heavy atom. The van der Waals surface area contributed by atoms with E-state index in [1.54, 1.807) is 6.20 Å². The number of hydrogen-bond acceptors (Lipinski definition) is 3. The predicted molar refractivity (Wildman–Crippen MR) is 148 cm³/mol. The second-order valence-corrected chi connectivity index (χ2v) is 9.45. The maximum Gasteiger partial charge on any atom is 0.416 e. The summed E-state index contributed by atoms with van der Waals surface area (Å²) >= 11 is 0. The first kappa shape index (κ1) is 23.2. The Morgan fingerprint density at radius 1 is 0.564 bits per heavy atom. The molecule has 39 heavy (non-hydrogen) atoms. The molecule has 0 saturated heterocycles. The molecule has 0 spiro atoms. The molecule has 3 heterocycles. The van der Waals surface area contributed by atoms with Crippen molar-refractivity contribution >= 4 is 33.0 Å². The van der Waals surface area contributed by atoms with Crippen LogP contribution >= 0.6 is 0 Å². The van der Waals surface area contributed by atoms with E-state index in [-0.39, 0.29) is 0 Å². The molecule has 0 unspecified atom stereocenters. The monoisotopic (exact) mass is 516 g/mol. The molecule has 0 aliphatic heterocycles. The molecule has 6 heteroatoms. The number of aromatic nitrogens is 2. The van der Waals surface area contributed by atoms with E-state index in [4.69, 9.17) is 4.42 Å². The van der Waals surface area contributed by atoms with Crippen LogP contribution in [0.2, 0.25) is 0 Å². The van der Waals surface area contributed by atoms with E-state index in [2.05, 4.69) is 46.4 Å². The number of furan rings is 1. The Hall–Kier alpha value is -4.97. The Balaban J connectivity index is 1.17. The number of pyridine rings is 2. The molecule has 0 radical (unpaired) electrons. The lowest BCUT2D eigenvalue weighted by Gasteiger charge is -2.09. The third-order valence-corrected chi connectivity index (χ3v) is 7.03. The summed E-state index contributed by atoms with van der Waals surface area (Å²) in [6, 6.07) is 31.4. The third-order valence-electron chi connectivity index (χ3n) is 7.03. The predicted octanol–water partition coefficient (Wildman–Crippen LogP) is 9.55. The highest BCUT2D eigenvalue weighted by Crippen LogP contribution is 2.34. The van der Waals surface area contributed by atoms with Gasteiger partial charge in [0, 0.05) is 34.1 Å². The van der Waals surface area contributed by atoms with Crippen molar-refractivity contribution in [2.75, 3.05) is 0 Å². The van der Waals surface area contributed by atoms with Crippen LogP contribution in [0.5, 0.6) is 0 Å². The molecule has 7 rings (SSSR count). The fourth-order valence-electron chi connectivity index (χ4n) is 4.96. The molecule has 0 atom stereocenters. The number of alkyl halides is 3. The van der Waals surface area contributed by atoms with Crippen molar-refractivity contribution in [1.29, 1.82) is 0 Å². The van der Waals surface area contributed by atoms with Crippen molar-refractivity contribution < 1.29 is 17.6 Å². The Bertz CT molecular complexity index is 1990. The summed E-state index contributed by atoms with van der Waals surface area (Å²) in [5.74, 6) is 0. The smallest absolute Gasteiger partial charge is 0.416 e. The lowest BCUT2D eigenvalue weighted by atomic mass is 9.98. The van der Waals surface area contributed by atoms with Crippen molar-refractivity contribution in [2.24, 2.45) is 0 Å². The zero-order valence-electron chi connectivity index (χ0n) is 20.4. The summed E-state index contributed by atoms with van der Waals surface area (Å²) < 4.78 is 44.5. The molecule has 4 aromatic carbocycles. The van der Waals surface area contributed by atoms with Gasteiger partial charge in [-0.1, -0.05) is 54.6 Å². The van der Waals surface area contributed by atoms with Gasteiger partial charge in [0.2, 0.25) is 5.71 Å². The maximum atomic E-state index is 12.9. The van der Waals surface area contributed by atoms with Gasteiger partial charge in [-0.3, -0.25) is 4.98 Å². The van der Waals surface area contributed by atoms with Gasteiger partial charge in [-0.25, -0.2) is 4.98 Å². The SMILES string of the molecule is FC(F)(F)c1ccc(-c2ccc3cc(-c4ccc(-c5ccc6oc7ncccc7c6c5)cc4)cnc3c2)cc1. The highest BCUT2D eigenvalue weighted by Gasteiger charge is 2.30. The molecule has 3 aromatic heterocycles. The molecule has 3 nitrogen and oxygen atoms in total. The molecular weight excluding hydrogens is 497 g/mol. The standard InChI is InChI=1S/C33H19F3N2O/c34-33(35,36)27-12-9-21(10-13-27)24-7-8-25-16-26(19-38-30(25)18-24)22-5-3-20(4-6-22)23-11-14-31-29(17-23)28-2-1-15-37-32(28)39-31/h1-19H. The Labute approximate surface area is 221 Å². The van der Waals surface area contributed by atoms with Crippen LogP contribution in [0.25, 0.3) is 66.4 Å². The van der Waals surface area contributed by atoms with Gasteiger partial charge in [0.1, 0.15) is 5.58 Å². The Kier molecular flexibility index (Phi) is 5.23. The summed E-state index contributed by atoms with van der Waals surface area (Å²) in [5, 5.41) is 2.99. The van der Waals surface area contributed by atoms with Crippen LogP contribution in [0.4, 0.5) is 13.2 Å². The molecule has 0 fully saturated rings. The second kappa shape index (κ2) is 8.81. The molecule has 7 aromatic rings. The largest absolute Gasteiger partial charge is 0.438 e. The van der Waals surface area contributed by atoms with Crippen molar-refractivity contribution in [3.63, 3.8) is 0 Å². The fourth-order valence-corrected chi connectivity index (χ4v) is 4.96. The van der Waals surface area contributed by atoms with E-state index >= 15 is 0 Å². The van der Waals surface area contributed by atoms with Crippen LogP contribution < -0.4 is 0 Å². The van der Waals surface area contributed by atoms with Gasteiger partial charge in [-0.05, 0) is 76.3 Å². The summed E-state index contributed by atoms with van der Waals surface area (Å²) in [6.07, 6.45) is -0.799. The number of hydrogen-bond donors (Lipinski definition) is 0. The van der Waals surface area contributed by atoms with Gasteiger partial charge in [-0.15, -0.1) is 0 Å². The van der Waals surface area contributed by atoms with Gasteiger partial charge < -0.3 is 4.42 Å². The number of benzene rings is 4. The average Bonchev–Trinajstić information content (AvgIpc) is 3.34. The second-order valence-electron chi connectivity index (χ2n) is 9.45. The zero-order valence-corrected chi connectivity index (χ0v) is 20.4. The minimum Gasteiger partial charge on any atom is -0.438 e. The Morgan fingerprint density at radius 2 is 1.21 bits per heavy atom. The quantitative estimate of drug-likeness (QED) is 0.235. The van der Waals surface area contributed by atoms with Crippen molar-refractivity contribution in [2.45, 2.75) is 6.18 Å². The molecular formula is C33H19F3N2O. The van der Waals surface area contributed by atoms with Crippen molar-refractivity contribution in [3.8, 4) is 33.4 Å². The van der Waals surface area contributed by atoms with Gasteiger partial charge in [0.25, 0.3) is 0 Å². The molecule has 0 saturated carbocycles. The van der Waals surface area contributed by atoms with Gasteiger partial charge in [-0.2, -0.15) is 13.2 Å². The summed E-state index contributed by atoms with van der Waals surface area (Å²) in [4.78, 5) is 8.95. The maximum absolute atomic E-state index is 12.9. The number of rotatable bonds is 3.